The molecule has 0 saturated carbocycles. The van der Waals surface area contributed by atoms with Gasteiger partial charge < -0.3 is 4.74 Å². The lowest BCUT2D eigenvalue weighted by Crippen LogP contribution is -2.01. The summed E-state index contributed by atoms with van der Waals surface area (Å²) in [5.74, 6) is -0.324. The summed E-state index contributed by atoms with van der Waals surface area (Å²) in [6, 6.07) is 23.5. The first-order chi connectivity index (χ1) is 14.0. The van der Waals surface area contributed by atoms with Crippen LogP contribution >= 0.6 is 0 Å². The molecule has 0 saturated heterocycles. The van der Waals surface area contributed by atoms with Gasteiger partial charge in [-0.3, -0.25) is 0 Å². The fourth-order valence-corrected chi connectivity index (χ4v) is 3.44. The van der Waals surface area contributed by atoms with E-state index in [9.17, 15) is 13.2 Å². The molecule has 0 spiro atoms. The van der Waals surface area contributed by atoms with Crippen LogP contribution in [0.2, 0.25) is 0 Å². The third-order valence-electron chi connectivity index (χ3n) is 5.01. The monoisotopic (exact) mass is 392 g/mol. The summed E-state index contributed by atoms with van der Waals surface area (Å²) in [7, 11) is 0. The predicted molar refractivity (Wildman–Crippen MR) is 111 cm³/mol. The van der Waals surface area contributed by atoms with E-state index in [4.69, 9.17) is 0 Å². The number of alkyl halides is 2. The number of fused-ring (bicyclic) bond motifs is 1. The zero-order valence-corrected chi connectivity index (χ0v) is 15.8. The fraction of sp³-hybridized carbons (Fsp3) is 0.120. The van der Waals surface area contributed by atoms with E-state index in [2.05, 4.69) is 42.0 Å². The molecule has 0 amide bonds. The molecule has 29 heavy (non-hydrogen) atoms. The average molecular weight is 392 g/mol. The van der Waals surface area contributed by atoms with Crippen LogP contribution in [-0.2, 0) is 6.42 Å². The Labute approximate surface area is 167 Å². The third kappa shape index (κ3) is 4.11. The lowest BCUT2D eigenvalue weighted by molar-refractivity contribution is -0.0498. The van der Waals surface area contributed by atoms with E-state index in [-0.39, 0.29) is 11.6 Å². The molecule has 0 aliphatic heterocycles. The van der Waals surface area contributed by atoms with Crippen molar-refractivity contribution in [2.24, 2.45) is 0 Å². The maximum absolute atomic E-state index is 14.8. The lowest BCUT2D eigenvalue weighted by atomic mass is 9.97. The minimum Gasteiger partial charge on any atom is -0.435 e. The Morgan fingerprint density at radius 3 is 2.03 bits per heavy atom. The highest BCUT2D eigenvalue weighted by molar-refractivity contribution is 5.88. The standard InChI is InChI=1S/C25H19F3O/c1-2-16-3-4-19-14-20(6-5-18(19)13-16)21-9-12-23(24(26)15-21)17-7-10-22(11-8-17)29-25(27)28/h3-15,25H,2H2,1H3. The first-order valence-electron chi connectivity index (χ1n) is 9.41. The molecule has 0 unspecified atom stereocenters. The average Bonchev–Trinajstić information content (AvgIpc) is 2.73. The van der Waals surface area contributed by atoms with Crippen molar-refractivity contribution in [2.75, 3.05) is 0 Å². The van der Waals surface area contributed by atoms with Crippen molar-refractivity contribution in [3.8, 4) is 28.0 Å². The van der Waals surface area contributed by atoms with E-state index in [1.165, 1.54) is 23.8 Å². The van der Waals surface area contributed by atoms with Crippen molar-refractivity contribution in [1.29, 1.82) is 0 Å². The quantitative estimate of drug-likeness (QED) is 0.342. The van der Waals surface area contributed by atoms with Crippen LogP contribution in [0.1, 0.15) is 12.5 Å². The summed E-state index contributed by atoms with van der Waals surface area (Å²) < 4.78 is 43.7. The molecule has 0 aromatic heterocycles. The van der Waals surface area contributed by atoms with Gasteiger partial charge in [-0.15, -0.1) is 0 Å². The van der Waals surface area contributed by atoms with Crippen molar-refractivity contribution >= 4 is 10.8 Å². The van der Waals surface area contributed by atoms with Crippen molar-refractivity contribution in [3.05, 3.63) is 90.2 Å². The summed E-state index contributed by atoms with van der Waals surface area (Å²) in [6.45, 7) is -0.758. The van der Waals surface area contributed by atoms with Gasteiger partial charge in [-0.2, -0.15) is 8.78 Å². The second-order valence-corrected chi connectivity index (χ2v) is 6.85. The zero-order valence-electron chi connectivity index (χ0n) is 15.8. The number of halogens is 3. The molecule has 0 atom stereocenters. The van der Waals surface area contributed by atoms with Gasteiger partial charge in [-0.25, -0.2) is 4.39 Å². The summed E-state index contributed by atoms with van der Waals surface area (Å²) in [5.41, 5.74) is 4.01. The number of aryl methyl sites for hydroxylation is 1. The van der Waals surface area contributed by atoms with E-state index in [1.54, 1.807) is 18.2 Å². The second kappa shape index (κ2) is 8.00. The van der Waals surface area contributed by atoms with Gasteiger partial charge in [0.15, 0.2) is 0 Å². The Morgan fingerprint density at radius 2 is 1.34 bits per heavy atom. The summed E-state index contributed by atoms with van der Waals surface area (Å²) in [5, 5.41) is 2.27. The Balaban J connectivity index is 1.64. The molecule has 0 radical (unpaired) electrons. The minimum absolute atomic E-state index is 0.0446. The number of ether oxygens (including phenoxy) is 1. The van der Waals surface area contributed by atoms with Crippen molar-refractivity contribution in [3.63, 3.8) is 0 Å². The van der Waals surface area contributed by atoms with E-state index < -0.39 is 6.61 Å². The maximum Gasteiger partial charge on any atom is 0.387 e. The van der Waals surface area contributed by atoms with Crippen LogP contribution in [0, 0.1) is 5.82 Å². The first kappa shape index (κ1) is 19.1. The number of hydrogen-bond donors (Lipinski definition) is 0. The Hall–Kier alpha value is -3.27. The van der Waals surface area contributed by atoms with Crippen molar-refractivity contribution in [1.82, 2.24) is 0 Å². The summed E-state index contributed by atoms with van der Waals surface area (Å²) in [6.07, 6.45) is 0.986. The molecule has 0 N–H and O–H groups in total. The van der Waals surface area contributed by atoms with Gasteiger partial charge in [-0.1, -0.05) is 61.5 Å². The second-order valence-electron chi connectivity index (χ2n) is 6.85. The molecule has 4 rings (SSSR count). The van der Waals surface area contributed by atoms with E-state index in [0.29, 0.717) is 11.1 Å². The van der Waals surface area contributed by atoms with E-state index >= 15 is 0 Å². The minimum atomic E-state index is -2.88. The van der Waals surface area contributed by atoms with Crippen molar-refractivity contribution < 1.29 is 17.9 Å². The molecule has 4 aromatic rings. The zero-order chi connectivity index (χ0) is 20.4. The molecule has 0 bridgehead atoms. The highest BCUT2D eigenvalue weighted by Crippen LogP contribution is 2.31. The Kier molecular flexibility index (Phi) is 5.26. The molecule has 146 valence electrons. The van der Waals surface area contributed by atoms with Crippen LogP contribution in [0.3, 0.4) is 0 Å². The molecule has 0 aliphatic carbocycles. The smallest absolute Gasteiger partial charge is 0.387 e. The van der Waals surface area contributed by atoms with Crippen LogP contribution in [0.15, 0.2) is 78.9 Å². The summed E-state index contributed by atoms with van der Waals surface area (Å²) in [4.78, 5) is 0. The van der Waals surface area contributed by atoms with Gasteiger partial charge >= 0.3 is 6.61 Å². The molecule has 4 heteroatoms. The number of benzene rings is 4. The van der Waals surface area contributed by atoms with Gasteiger partial charge in [0.05, 0.1) is 0 Å². The van der Waals surface area contributed by atoms with Crippen LogP contribution in [0.4, 0.5) is 13.2 Å². The Bertz CT molecular complexity index is 1150. The van der Waals surface area contributed by atoms with Crippen LogP contribution < -0.4 is 4.74 Å². The van der Waals surface area contributed by atoms with Gasteiger partial charge in [-0.05, 0) is 63.7 Å². The SMILES string of the molecule is CCc1ccc2cc(-c3ccc(-c4ccc(OC(F)F)cc4)c(F)c3)ccc2c1. The van der Waals surface area contributed by atoms with Gasteiger partial charge in [0.2, 0.25) is 0 Å². The molecule has 0 fully saturated rings. The highest BCUT2D eigenvalue weighted by Gasteiger charge is 2.10. The Morgan fingerprint density at radius 1 is 0.724 bits per heavy atom. The molecule has 0 heterocycles. The van der Waals surface area contributed by atoms with Gasteiger partial charge in [0.25, 0.3) is 0 Å². The van der Waals surface area contributed by atoms with E-state index in [1.807, 2.05) is 12.1 Å². The molecule has 1 nitrogen and oxygen atoms in total. The van der Waals surface area contributed by atoms with E-state index in [0.717, 1.165) is 28.3 Å². The van der Waals surface area contributed by atoms with Gasteiger partial charge in [0, 0.05) is 5.56 Å². The maximum atomic E-state index is 14.8. The summed E-state index contributed by atoms with van der Waals surface area (Å²) >= 11 is 0. The number of rotatable bonds is 5. The molecule has 0 aliphatic rings. The molecular weight excluding hydrogens is 373 g/mol. The largest absolute Gasteiger partial charge is 0.435 e. The highest BCUT2D eigenvalue weighted by atomic mass is 19.3. The lowest BCUT2D eigenvalue weighted by Gasteiger charge is -2.10. The topological polar surface area (TPSA) is 9.23 Å². The predicted octanol–water partition coefficient (Wildman–Crippen LogP) is 7.48. The fourth-order valence-electron chi connectivity index (χ4n) is 3.44. The van der Waals surface area contributed by atoms with Crippen molar-refractivity contribution in [2.45, 2.75) is 20.0 Å². The first-order valence-corrected chi connectivity index (χ1v) is 9.41. The van der Waals surface area contributed by atoms with Crippen LogP contribution in [-0.4, -0.2) is 6.61 Å². The van der Waals surface area contributed by atoms with Gasteiger partial charge in [0.1, 0.15) is 11.6 Å². The molecular formula is C25H19F3O. The third-order valence-corrected chi connectivity index (χ3v) is 5.01. The number of hydrogen-bond acceptors (Lipinski definition) is 1. The molecule has 4 aromatic carbocycles. The van der Waals surface area contributed by atoms with Crippen LogP contribution in [0.5, 0.6) is 5.75 Å². The van der Waals surface area contributed by atoms with Crippen LogP contribution in [0.25, 0.3) is 33.0 Å². The normalized spacial score (nSPS) is 11.2.